The first-order valence-electron chi connectivity index (χ1n) is 8.17. The first kappa shape index (κ1) is 18.9. The summed E-state index contributed by atoms with van der Waals surface area (Å²) < 4.78 is 0. The van der Waals surface area contributed by atoms with Gasteiger partial charge in [0, 0.05) is 6.04 Å². The van der Waals surface area contributed by atoms with E-state index in [0.717, 1.165) is 6.04 Å². The predicted molar refractivity (Wildman–Crippen MR) is 87.8 cm³/mol. The highest BCUT2D eigenvalue weighted by Gasteiger charge is 2.24. The van der Waals surface area contributed by atoms with Crippen LogP contribution < -0.4 is 0 Å². The molecule has 0 heterocycles. The van der Waals surface area contributed by atoms with E-state index < -0.39 is 0 Å². The summed E-state index contributed by atoms with van der Waals surface area (Å²) in [6, 6.07) is 0.893. The van der Waals surface area contributed by atoms with E-state index >= 15 is 0 Å². The van der Waals surface area contributed by atoms with Gasteiger partial charge in [-0.25, -0.2) is 0 Å². The lowest BCUT2D eigenvalue weighted by Crippen LogP contribution is -2.39. The largest absolute Gasteiger partial charge is 0.309 e. The van der Waals surface area contributed by atoms with Gasteiger partial charge >= 0.3 is 0 Å². The van der Waals surface area contributed by atoms with Crippen LogP contribution in [0.1, 0.15) is 66.2 Å². The molecule has 2 heteroatoms. The summed E-state index contributed by atoms with van der Waals surface area (Å²) in [5.74, 6) is 0. The van der Waals surface area contributed by atoms with E-state index in [1.54, 1.807) is 0 Å². The molecule has 1 aliphatic carbocycles. The first-order valence-corrected chi connectivity index (χ1v) is 8.17. The van der Waals surface area contributed by atoms with Gasteiger partial charge in [-0.2, -0.15) is 0 Å². The Balaban J connectivity index is 0.000000982. The zero-order valence-electron chi connectivity index (χ0n) is 14.6. The van der Waals surface area contributed by atoms with Gasteiger partial charge in [0.25, 0.3) is 0 Å². The van der Waals surface area contributed by atoms with Gasteiger partial charge in [0.1, 0.15) is 0 Å². The zero-order valence-corrected chi connectivity index (χ0v) is 14.6. The highest BCUT2D eigenvalue weighted by atomic mass is 15.1. The molecule has 0 radical (unpaired) electrons. The number of hydrogen-bond donors (Lipinski definition) is 0. The molecule has 1 fully saturated rings. The Morgan fingerprint density at radius 2 is 1.42 bits per heavy atom. The number of hydrogen-bond acceptors (Lipinski definition) is 2. The van der Waals surface area contributed by atoms with Crippen LogP contribution in [0.5, 0.6) is 0 Å². The molecule has 1 aliphatic rings. The van der Waals surface area contributed by atoms with Crippen LogP contribution in [0.25, 0.3) is 0 Å². The summed E-state index contributed by atoms with van der Waals surface area (Å²) in [4.78, 5) is 4.86. The standard InChI is InChI=1S/C14H30N2.C3H8/c1-14(2,9-11-15(3)4)10-12-16(5)13-7-6-8-13;1-3-2/h13H,6-12H2,1-5H3;3H2,1-2H3. The Bertz CT molecular complexity index is 207. The van der Waals surface area contributed by atoms with Gasteiger partial charge < -0.3 is 9.80 Å². The number of nitrogens with zero attached hydrogens (tertiary/aromatic N) is 2. The van der Waals surface area contributed by atoms with Crippen molar-refractivity contribution in [1.82, 2.24) is 9.80 Å². The quantitative estimate of drug-likeness (QED) is 0.682. The highest BCUT2D eigenvalue weighted by Crippen LogP contribution is 2.28. The van der Waals surface area contributed by atoms with Crippen LogP contribution in [0, 0.1) is 5.41 Å². The zero-order chi connectivity index (χ0) is 14.9. The monoisotopic (exact) mass is 270 g/mol. The van der Waals surface area contributed by atoms with Gasteiger partial charge in [-0.1, -0.05) is 40.5 Å². The summed E-state index contributed by atoms with van der Waals surface area (Å²) in [7, 11) is 6.62. The Labute approximate surface area is 122 Å². The summed E-state index contributed by atoms with van der Waals surface area (Å²) in [6.45, 7) is 11.5. The average Bonchev–Trinajstić information content (AvgIpc) is 2.23. The molecule has 0 bridgehead atoms. The molecular formula is C17H38N2. The lowest BCUT2D eigenvalue weighted by atomic mass is 9.84. The van der Waals surface area contributed by atoms with Crippen molar-refractivity contribution in [2.24, 2.45) is 5.41 Å². The molecule has 2 nitrogen and oxygen atoms in total. The van der Waals surface area contributed by atoms with E-state index in [1.165, 1.54) is 51.6 Å². The number of rotatable bonds is 7. The van der Waals surface area contributed by atoms with Gasteiger partial charge in [-0.15, -0.1) is 0 Å². The molecule has 0 N–H and O–H groups in total. The topological polar surface area (TPSA) is 6.48 Å². The molecule has 0 unspecified atom stereocenters. The summed E-state index contributed by atoms with van der Waals surface area (Å²) in [5.41, 5.74) is 0.488. The first-order chi connectivity index (χ1) is 8.82. The van der Waals surface area contributed by atoms with Gasteiger partial charge in [0.05, 0.1) is 0 Å². The maximum Gasteiger partial charge on any atom is 0.00922 e. The smallest absolute Gasteiger partial charge is 0.00922 e. The van der Waals surface area contributed by atoms with Crippen molar-refractivity contribution in [3.63, 3.8) is 0 Å². The van der Waals surface area contributed by atoms with Crippen LogP contribution in [0.2, 0.25) is 0 Å². The normalized spacial score (nSPS) is 16.3. The predicted octanol–water partition coefficient (Wildman–Crippen LogP) is 4.26. The van der Waals surface area contributed by atoms with E-state index in [0.29, 0.717) is 5.41 Å². The summed E-state index contributed by atoms with van der Waals surface area (Å²) >= 11 is 0. The Hall–Kier alpha value is -0.0800. The van der Waals surface area contributed by atoms with Crippen LogP contribution in [-0.4, -0.2) is 50.1 Å². The van der Waals surface area contributed by atoms with E-state index in [9.17, 15) is 0 Å². The molecule has 0 saturated heterocycles. The van der Waals surface area contributed by atoms with Crippen LogP contribution in [0.3, 0.4) is 0 Å². The minimum atomic E-state index is 0.488. The Morgan fingerprint density at radius 3 is 1.79 bits per heavy atom. The van der Waals surface area contributed by atoms with Crippen LogP contribution in [-0.2, 0) is 0 Å². The molecule has 0 aromatic carbocycles. The van der Waals surface area contributed by atoms with Crippen molar-refractivity contribution in [1.29, 1.82) is 0 Å². The Morgan fingerprint density at radius 1 is 0.947 bits per heavy atom. The molecule has 0 amide bonds. The van der Waals surface area contributed by atoms with Crippen molar-refractivity contribution < 1.29 is 0 Å². The fourth-order valence-corrected chi connectivity index (χ4v) is 2.14. The molecule has 0 aromatic rings. The molecule has 0 aromatic heterocycles. The lowest BCUT2D eigenvalue weighted by molar-refractivity contribution is 0.133. The highest BCUT2D eigenvalue weighted by molar-refractivity contribution is 4.79. The van der Waals surface area contributed by atoms with Gasteiger partial charge in [-0.3, -0.25) is 0 Å². The summed E-state index contributed by atoms with van der Waals surface area (Å²) in [5, 5.41) is 0. The van der Waals surface area contributed by atoms with Crippen molar-refractivity contribution in [3.8, 4) is 0 Å². The maximum absolute atomic E-state index is 2.57. The fraction of sp³-hybridized carbons (Fsp3) is 1.00. The molecule has 1 saturated carbocycles. The van der Waals surface area contributed by atoms with E-state index in [4.69, 9.17) is 0 Å². The average molecular weight is 271 g/mol. The Kier molecular flexibility index (Phi) is 9.72. The van der Waals surface area contributed by atoms with Crippen LogP contribution >= 0.6 is 0 Å². The van der Waals surface area contributed by atoms with E-state index in [1.807, 2.05) is 0 Å². The third kappa shape index (κ3) is 9.45. The maximum atomic E-state index is 2.57. The molecular weight excluding hydrogens is 232 g/mol. The SMILES string of the molecule is CCC.CN(C)CCC(C)(C)CCN(C)C1CCC1. The van der Waals surface area contributed by atoms with Crippen LogP contribution in [0.15, 0.2) is 0 Å². The third-order valence-electron chi connectivity index (χ3n) is 4.08. The molecule has 19 heavy (non-hydrogen) atoms. The second-order valence-electron chi connectivity index (χ2n) is 7.24. The van der Waals surface area contributed by atoms with Gasteiger partial charge in [0.2, 0.25) is 0 Å². The third-order valence-corrected chi connectivity index (χ3v) is 4.08. The second-order valence-corrected chi connectivity index (χ2v) is 7.24. The van der Waals surface area contributed by atoms with E-state index in [-0.39, 0.29) is 0 Å². The fourth-order valence-electron chi connectivity index (χ4n) is 2.14. The second kappa shape index (κ2) is 9.77. The van der Waals surface area contributed by atoms with Crippen molar-refractivity contribution in [2.45, 2.75) is 72.3 Å². The van der Waals surface area contributed by atoms with Gasteiger partial charge in [0.15, 0.2) is 0 Å². The van der Waals surface area contributed by atoms with Crippen molar-refractivity contribution >= 4 is 0 Å². The van der Waals surface area contributed by atoms with Gasteiger partial charge in [-0.05, 0) is 65.3 Å². The minimum Gasteiger partial charge on any atom is -0.309 e. The molecule has 1 rings (SSSR count). The molecule has 0 atom stereocenters. The molecule has 0 spiro atoms. The molecule has 116 valence electrons. The minimum absolute atomic E-state index is 0.488. The lowest BCUT2D eigenvalue weighted by Gasteiger charge is -2.37. The van der Waals surface area contributed by atoms with Crippen LogP contribution in [0.4, 0.5) is 0 Å². The van der Waals surface area contributed by atoms with Crippen molar-refractivity contribution in [3.05, 3.63) is 0 Å². The van der Waals surface area contributed by atoms with Crippen molar-refractivity contribution in [2.75, 3.05) is 34.2 Å². The van der Waals surface area contributed by atoms with E-state index in [2.05, 4.69) is 58.6 Å². The summed E-state index contributed by atoms with van der Waals surface area (Å²) in [6.07, 6.45) is 8.18. The molecule has 0 aliphatic heterocycles.